The Balaban J connectivity index is 2.38. The number of carbonyl (C=O) groups is 1. The molecule has 2 rings (SSSR count). The van der Waals surface area contributed by atoms with Crippen molar-refractivity contribution in [2.75, 3.05) is 0 Å². The van der Waals surface area contributed by atoms with Gasteiger partial charge in [0, 0.05) is 6.54 Å². The molecule has 2 aromatic carbocycles. The second-order valence-electron chi connectivity index (χ2n) is 4.99. The zero-order valence-electron chi connectivity index (χ0n) is 12.3. The summed E-state index contributed by atoms with van der Waals surface area (Å²) in [6.07, 6.45) is -10.1. The van der Waals surface area contributed by atoms with Gasteiger partial charge in [-0.1, -0.05) is 18.2 Å². The van der Waals surface area contributed by atoms with Gasteiger partial charge in [-0.05, 0) is 29.8 Å². The van der Waals surface area contributed by atoms with Crippen LogP contribution in [0.3, 0.4) is 0 Å². The standard InChI is InChI=1S/C16H10F7NO/c17-13-7-2-1-4-9(13)14(25)24-8-10-11(15(18,19)20)5-3-6-12(10)16(21,22)23/h1-7H,8H2,(H,24,25). The van der Waals surface area contributed by atoms with Crippen LogP contribution in [0.2, 0.25) is 0 Å². The molecule has 2 aromatic rings. The maximum absolute atomic E-state index is 13.5. The summed E-state index contributed by atoms with van der Waals surface area (Å²) >= 11 is 0. The van der Waals surface area contributed by atoms with E-state index in [1.807, 2.05) is 5.32 Å². The Labute approximate surface area is 137 Å². The van der Waals surface area contributed by atoms with Crippen molar-refractivity contribution in [1.29, 1.82) is 0 Å². The van der Waals surface area contributed by atoms with Crippen LogP contribution >= 0.6 is 0 Å². The van der Waals surface area contributed by atoms with Gasteiger partial charge in [0.25, 0.3) is 5.91 Å². The van der Waals surface area contributed by atoms with Crippen LogP contribution in [-0.4, -0.2) is 5.91 Å². The monoisotopic (exact) mass is 365 g/mol. The maximum atomic E-state index is 13.5. The smallest absolute Gasteiger partial charge is 0.348 e. The molecule has 9 heteroatoms. The number of hydrogen-bond donors (Lipinski definition) is 1. The highest BCUT2D eigenvalue weighted by Gasteiger charge is 2.40. The summed E-state index contributed by atoms with van der Waals surface area (Å²) in [4.78, 5) is 11.8. The van der Waals surface area contributed by atoms with Crippen molar-refractivity contribution in [2.45, 2.75) is 18.9 Å². The van der Waals surface area contributed by atoms with Crippen LogP contribution in [0.15, 0.2) is 42.5 Å². The summed E-state index contributed by atoms with van der Waals surface area (Å²) in [5.41, 5.74) is -4.65. The first-order valence-electron chi connectivity index (χ1n) is 6.81. The number of benzene rings is 2. The van der Waals surface area contributed by atoms with Gasteiger partial charge in [-0.15, -0.1) is 0 Å². The van der Waals surface area contributed by atoms with Crippen molar-refractivity contribution in [2.24, 2.45) is 0 Å². The molecule has 0 atom stereocenters. The SMILES string of the molecule is O=C(NCc1c(C(F)(F)F)cccc1C(F)(F)F)c1ccccc1F. The van der Waals surface area contributed by atoms with Gasteiger partial charge in [-0.25, -0.2) is 4.39 Å². The molecule has 0 aromatic heterocycles. The van der Waals surface area contributed by atoms with E-state index in [0.717, 1.165) is 12.1 Å². The van der Waals surface area contributed by atoms with Gasteiger partial charge in [0.2, 0.25) is 0 Å². The fourth-order valence-corrected chi connectivity index (χ4v) is 2.22. The van der Waals surface area contributed by atoms with E-state index in [-0.39, 0.29) is 0 Å². The van der Waals surface area contributed by atoms with E-state index in [4.69, 9.17) is 0 Å². The number of amides is 1. The van der Waals surface area contributed by atoms with Crippen molar-refractivity contribution in [3.05, 3.63) is 70.5 Å². The number of hydrogen-bond acceptors (Lipinski definition) is 1. The van der Waals surface area contributed by atoms with Gasteiger partial charge in [-0.2, -0.15) is 26.3 Å². The van der Waals surface area contributed by atoms with Crippen molar-refractivity contribution in [1.82, 2.24) is 5.32 Å². The Bertz CT molecular complexity index is 749. The number of carbonyl (C=O) groups excluding carboxylic acids is 1. The first kappa shape index (κ1) is 18.8. The Kier molecular flexibility index (Phi) is 5.05. The summed E-state index contributed by atoms with van der Waals surface area (Å²) in [5.74, 6) is -2.07. The third kappa shape index (κ3) is 4.28. The summed E-state index contributed by atoms with van der Waals surface area (Å²) in [5, 5.41) is 1.90. The quantitative estimate of drug-likeness (QED) is 0.779. The Morgan fingerprint density at radius 2 is 1.36 bits per heavy atom. The van der Waals surface area contributed by atoms with Crippen LogP contribution in [0.1, 0.15) is 27.0 Å². The van der Waals surface area contributed by atoms with E-state index in [1.165, 1.54) is 12.1 Å². The molecule has 0 radical (unpaired) electrons. The van der Waals surface area contributed by atoms with Gasteiger partial charge in [0.1, 0.15) is 5.82 Å². The highest BCUT2D eigenvalue weighted by Crippen LogP contribution is 2.39. The van der Waals surface area contributed by atoms with Crippen LogP contribution in [0.25, 0.3) is 0 Å². The molecule has 0 unspecified atom stereocenters. The van der Waals surface area contributed by atoms with Crippen molar-refractivity contribution >= 4 is 5.91 Å². The first-order valence-corrected chi connectivity index (χ1v) is 6.81. The summed E-state index contributed by atoms with van der Waals surface area (Å²) < 4.78 is 91.4. The minimum absolute atomic E-state index is 0.486. The molecule has 0 spiro atoms. The Hall–Kier alpha value is -2.58. The van der Waals surface area contributed by atoms with E-state index < -0.39 is 52.9 Å². The molecular formula is C16H10F7NO. The van der Waals surface area contributed by atoms with Gasteiger partial charge in [-0.3, -0.25) is 4.79 Å². The third-order valence-corrected chi connectivity index (χ3v) is 3.33. The van der Waals surface area contributed by atoms with E-state index >= 15 is 0 Å². The lowest BCUT2D eigenvalue weighted by atomic mass is 9.99. The Morgan fingerprint density at radius 3 is 1.84 bits per heavy atom. The molecular weight excluding hydrogens is 355 g/mol. The number of halogens is 7. The molecule has 134 valence electrons. The molecule has 0 saturated heterocycles. The van der Waals surface area contributed by atoms with E-state index in [2.05, 4.69) is 0 Å². The van der Waals surface area contributed by atoms with Gasteiger partial charge < -0.3 is 5.32 Å². The van der Waals surface area contributed by atoms with E-state index in [0.29, 0.717) is 18.2 Å². The predicted molar refractivity (Wildman–Crippen MR) is 74.0 cm³/mol. The van der Waals surface area contributed by atoms with Crippen LogP contribution in [0.5, 0.6) is 0 Å². The Morgan fingerprint density at radius 1 is 0.840 bits per heavy atom. The molecule has 0 aliphatic heterocycles. The lowest BCUT2D eigenvalue weighted by molar-refractivity contribution is -0.144. The second kappa shape index (κ2) is 6.73. The van der Waals surface area contributed by atoms with Crippen LogP contribution in [0, 0.1) is 5.82 Å². The topological polar surface area (TPSA) is 29.1 Å². The fourth-order valence-electron chi connectivity index (χ4n) is 2.22. The largest absolute Gasteiger partial charge is 0.416 e. The van der Waals surface area contributed by atoms with Gasteiger partial charge in [0.05, 0.1) is 16.7 Å². The molecule has 0 fully saturated rings. The van der Waals surface area contributed by atoms with Crippen molar-refractivity contribution in [3.8, 4) is 0 Å². The third-order valence-electron chi connectivity index (χ3n) is 3.33. The van der Waals surface area contributed by atoms with E-state index in [1.54, 1.807) is 0 Å². The normalized spacial score (nSPS) is 12.1. The average molecular weight is 365 g/mol. The molecule has 0 heterocycles. The number of nitrogens with one attached hydrogen (secondary N) is 1. The number of alkyl halides is 6. The lowest BCUT2D eigenvalue weighted by Crippen LogP contribution is -2.27. The van der Waals surface area contributed by atoms with Crippen molar-refractivity contribution in [3.63, 3.8) is 0 Å². The highest BCUT2D eigenvalue weighted by molar-refractivity contribution is 5.94. The predicted octanol–water partition coefficient (Wildman–Crippen LogP) is 4.79. The second-order valence-corrected chi connectivity index (χ2v) is 4.99. The lowest BCUT2D eigenvalue weighted by Gasteiger charge is -2.19. The number of rotatable bonds is 3. The van der Waals surface area contributed by atoms with E-state index in [9.17, 15) is 35.5 Å². The molecule has 1 N–H and O–H groups in total. The van der Waals surface area contributed by atoms with Crippen LogP contribution in [-0.2, 0) is 18.9 Å². The summed E-state index contributed by atoms with van der Waals surface area (Å²) in [6, 6.07) is 6.20. The molecule has 1 amide bonds. The average Bonchev–Trinajstić information content (AvgIpc) is 2.51. The molecule has 25 heavy (non-hydrogen) atoms. The molecule has 2 nitrogen and oxygen atoms in total. The summed E-state index contributed by atoms with van der Waals surface area (Å²) in [6.45, 7) is -1.06. The highest BCUT2D eigenvalue weighted by atomic mass is 19.4. The molecule has 0 aliphatic rings. The fraction of sp³-hybridized carbons (Fsp3) is 0.188. The first-order chi connectivity index (χ1) is 11.5. The minimum Gasteiger partial charge on any atom is -0.348 e. The minimum atomic E-state index is -5.04. The zero-order valence-corrected chi connectivity index (χ0v) is 12.3. The zero-order chi connectivity index (χ0) is 18.8. The summed E-state index contributed by atoms with van der Waals surface area (Å²) in [7, 11) is 0. The molecule has 0 saturated carbocycles. The van der Waals surface area contributed by atoms with Crippen molar-refractivity contribution < 1.29 is 35.5 Å². The molecule has 0 aliphatic carbocycles. The van der Waals surface area contributed by atoms with Crippen LogP contribution < -0.4 is 5.32 Å². The van der Waals surface area contributed by atoms with Gasteiger partial charge in [0.15, 0.2) is 0 Å². The molecule has 0 bridgehead atoms. The maximum Gasteiger partial charge on any atom is 0.416 e. The van der Waals surface area contributed by atoms with Crippen LogP contribution in [0.4, 0.5) is 30.7 Å². The van der Waals surface area contributed by atoms with Gasteiger partial charge >= 0.3 is 12.4 Å².